The zero-order valence-corrected chi connectivity index (χ0v) is 13.8. The van der Waals surface area contributed by atoms with Gasteiger partial charge in [0, 0.05) is 11.8 Å². The number of benzene rings is 2. The number of rotatable bonds is 3. The number of aryl methyl sites for hydroxylation is 2. The Morgan fingerprint density at radius 1 is 0.826 bits per heavy atom. The van der Waals surface area contributed by atoms with Gasteiger partial charge in [-0.05, 0) is 49.7 Å². The lowest BCUT2D eigenvalue weighted by atomic mass is 10.1. The molecule has 0 saturated carbocycles. The van der Waals surface area contributed by atoms with Crippen LogP contribution in [0.2, 0.25) is 0 Å². The Balaban J connectivity index is 2.23. The first kappa shape index (κ1) is 15.4. The fourth-order valence-corrected chi connectivity index (χ4v) is 3.98. The van der Waals surface area contributed by atoms with Gasteiger partial charge in [-0.1, -0.05) is 35.9 Å². The summed E-state index contributed by atoms with van der Waals surface area (Å²) in [6.07, 6.45) is 1.66. The van der Waals surface area contributed by atoms with Gasteiger partial charge >= 0.3 is 0 Å². The normalized spacial score (nSPS) is 11.4. The largest absolute Gasteiger partial charge is 0.256 e. The van der Waals surface area contributed by atoms with Crippen molar-refractivity contribution in [3.8, 4) is 11.3 Å². The number of sulfone groups is 1. The van der Waals surface area contributed by atoms with E-state index in [4.69, 9.17) is 0 Å². The van der Waals surface area contributed by atoms with Crippen molar-refractivity contribution < 1.29 is 8.42 Å². The van der Waals surface area contributed by atoms with Gasteiger partial charge in [0.25, 0.3) is 0 Å². The summed E-state index contributed by atoms with van der Waals surface area (Å²) in [5.41, 5.74) is 3.20. The van der Waals surface area contributed by atoms with Gasteiger partial charge in [-0.25, -0.2) is 8.42 Å². The number of aromatic nitrogens is 1. The first-order valence-electron chi connectivity index (χ1n) is 7.32. The first-order chi connectivity index (χ1) is 11.0. The molecule has 0 amide bonds. The van der Waals surface area contributed by atoms with Crippen LogP contribution in [0.3, 0.4) is 0 Å². The minimum atomic E-state index is -3.60. The fraction of sp³-hybridized carbons (Fsp3) is 0.105. The van der Waals surface area contributed by atoms with Crippen molar-refractivity contribution in [1.29, 1.82) is 0 Å². The standard InChI is InChI=1S/C19H17NO2S/c1-14-6-9-16(10-7-14)23(21,22)19-13-15(2)8-11-17(19)18-5-3-4-12-20-18/h3-13H,1-2H3. The van der Waals surface area contributed by atoms with Crippen LogP contribution in [0.5, 0.6) is 0 Å². The molecule has 0 radical (unpaired) electrons. The Kier molecular flexibility index (Phi) is 4.01. The van der Waals surface area contributed by atoms with Crippen molar-refractivity contribution in [1.82, 2.24) is 4.98 Å². The van der Waals surface area contributed by atoms with E-state index in [-0.39, 0.29) is 0 Å². The summed E-state index contributed by atoms with van der Waals surface area (Å²) in [5, 5.41) is 0. The summed E-state index contributed by atoms with van der Waals surface area (Å²) >= 11 is 0. The highest BCUT2D eigenvalue weighted by molar-refractivity contribution is 7.91. The van der Waals surface area contributed by atoms with E-state index in [2.05, 4.69) is 4.98 Å². The van der Waals surface area contributed by atoms with Crippen molar-refractivity contribution >= 4 is 9.84 Å². The maximum absolute atomic E-state index is 13.1. The molecule has 3 nitrogen and oxygen atoms in total. The van der Waals surface area contributed by atoms with Crippen LogP contribution in [0.4, 0.5) is 0 Å². The molecule has 0 bridgehead atoms. The summed E-state index contributed by atoms with van der Waals surface area (Å²) in [7, 11) is -3.60. The predicted octanol–water partition coefficient (Wildman–Crippen LogP) is 4.20. The molecule has 116 valence electrons. The minimum absolute atomic E-state index is 0.292. The molecule has 0 aliphatic heterocycles. The van der Waals surface area contributed by atoms with E-state index >= 15 is 0 Å². The van der Waals surface area contributed by atoms with Crippen molar-refractivity contribution in [2.24, 2.45) is 0 Å². The van der Waals surface area contributed by atoms with E-state index in [1.54, 1.807) is 24.4 Å². The van der Waals surface area contributed by atoms with Gasteiger partial charge in [-0.2, -0.15) is 0 Å². The van der Waals surface area contributed by atoms with Crippen molar-refractivity contribution in [3.05, 3.63) is 78.0 Å². The summed E-state index contributed by atoms with van der Waals surface area (Å²) in [4.78, 5) is 4.88. The minimum Gasteiger partial charge on any atom is -0.256 e. The molecule has 3 rings (SSSR count). The fourth-order valence-electron chi connectivity index (χ4n) is 2.43. The third-order valence-electron chi connectivity index (χ3n) is 3.70. The van der Waals surface area contributed by atoms with Gasteiger partial charge in [-0.15, -0.1) is 0 Å². The van der Waals surface area contributed by atoms with E-state index in [1.807, 2.05) is 56.3 Å². The highest BCUT2D eigenvalue weighted by Crippen LogP contribution is 2.31. The molecule has 23 heavy (non-hydrogen) atoms. The van der Waals surface area contributed by atoms with Crippen molar-refractivity contribution in [2.75, 3.05) is 0 Å². The van der Waals surface area contributed by atoms with Gasteiger partial charge < -0.3 is 0 Å². The third-order valence-corrected chi connectivity index (χ3v) is 5.51. The molecule has 0 spiro atoms. The van der Waals surface area contributed by atoms with E-state index < -0.39 is 9.84 Å². The maximum atomic E-state index is 13.1. The number of pyridine rings is 1. The Hall–Kier alpha value is -2.46. The van der Waals surface area contributed by atoms with E-state index in [9.17, 15) is 8.42 Å². The molecule has 0 fully saturated rings. The number of hydrogen-bond acceptors (Lipinski definition) is 3. The van der Waals surface area contributed by atoms with Gasteiger partial charge in [0.2, 0.25) is 9.84 Å². The Morgan fingerprint density at radius 2 is 1.52 bits per heavy atom. The molecule has 2 aromatic carbocycles. The van der Waals surface area contributed by atoms with Crippen molar-refractivity contribution in [3.63, 3.8) is 0 Å². The van der Waals surface area contributed by atoms with Crippen LogP contribution in [0, 0.1) is 13.8 Å². The van der Waals surface area contributed by atoms with E-state index in [1.165, 1.54) is 0 Å². The van der Waals surface area contributed by atoms with Gasteiger partial charge in [-0.3, -0.25) is 4.98 Å². The zero-order valence-electron chi connectivity index (χ0n) is 13.0. The van der Waals surface area contributed by atoms with Crippen LogP contribution >= 0.6 is 0 Å². The summed E-state index contributed by atoms with van der Waals surface area (Å²) in [5.74, 6) is 0. The van der Waals surface area contributed by atoms with Crippen LogP contribution in [0.1, 0.15) is 11.1 Å². The summed E-state index contributed by atoms with van der Waals surface area (Å²) in [6.45, 7) is 3.82. The van der Waals surface area contributed by atoms with Crippen LogP contribution < -0.4 is 0 Å². The lowest BCUT2D eigenvalue weighted by molar-refractivity contribution is 0.596. The molecule has 0 N–H and O–H groups in total. The third kappa shape index (κ3) is 3.03. The number of hydrogen-bond donors (Lipinski definition) is 0. The van der Waals surface area contributed by atoms with Crippen LogP contribution in [0.15, 0.2) is 76.7 Å². The molecule has 1 aromatic heterocycles. The molecule has 0 aliphatic rings. The predicted molar refractivity (Wildman–Crippen MR) is 91.0 cm³/mol. The molecule has 0 unspecified atom stereocenters. The highest BCUT2D eigenvalue weighted by Gasteiger charge is 2.22. The lowest BCUT2D eigenvalue weighted by Crippen LogP contribution is -2.05. The van der Waals surface area contributed by atoms with E-state index in [0.29, 0.717) is 21.0 Å². The second kappa shape index (κ2) is 5.97. The molecule has 1 heterocycles. The smallest absolute Gasteiger partial charge is 0.207 e. The van der Waals surface area contributed by atoms with Gasteiger partial charge in [0.1, 0.15) is 0 Å². The second-order valence-electron chi connectivity index (χ2n) is 5.53. The zero-order chi connectivity index (χ0) is 16.4. The Bertz CT molecular complexity index is 931. The summed E-state index contributed by atoms with van der Waals surface area (Å²) < 4.78 is 26.1. The van der Waals surface area contributed by atoms with Crippen LogP contribution in [0.25, 0.3) is 11.3 Å². The molecule has 4 heteroatoms. The monoisotopic (exact) mass is 323 g/mol. The van der Waals surface area contributed by atoms with Gasteiger partial charge in [0.15, 0.2) is 0 Å². The molecule has 0 saturated heterocycles. The molecule has 0 atom stereocenters. The topological polar surface area (TPSA) is 47.0 Å². The average Bonchev–Trinajstić information content (AvgIpc) is 2.56. The lowest BCUT2D eigenvalue weighted by Gasteiger charge is -2.11. The molecule has 3 aromatic rings. The SMILES string of the molecule is Cc1ccc(S(=O)(=O)c2cc(C)ccc2-c2ccccn2)cc1. The molecular formula is C19H17NO2S. The molecule has 0 aliphatic carbocycles. The maximum Gasteiger partial charge on any atom is 0.207 e. The first-order valence-corrected chi connectivity index (χ1v) is 8.80. The number of nitrogens with zero attached hydrogens (tertiary/aromatic N) is 1. The van der Waals surface area contributed by atoms with Crippen LogP contribution in [-0.4, -0.2) is 13.4 Å². The van der Waals surface area contributed by atoms with Crippen molar-refractivity contribution in [2.45, 2.75) is 23.6 Å². The summed E-state index contributed by atoms with van der Waals surface area (Å²) in [6, 6.07) is 17.8. The van der Waals surface area contributed by atoms with E-state index in [0.717, 1.165) is 11.1 Å². The highest BCUT2D eigenvalue weighted by atomic mass is 32.2. The second-order valence-corrected chi connectivity index (χ2v) is 7.45. The van der Waals surface area contributed by atoms with Gasteiger partial charge in [0.05, 0.1) is 15.5 Å². The Labute approximate surface area is 136 Å². The average molecular weight is 323 g/mol. The quantitative estimate of drug-likeness (QED) is 0.726. The Morgan fingerprint density at radius 3 is 2.17 bits per heavy atom. The van der Waals surface area contributed by atoms with Crippen LogP contribution in [-0.2, 0) is 9.84 Å². The molecular weight excluding hydrogens is 306 g/mol.